The molecule has 0 radical (unpaired) electrons. The predicted molar refractivity (Wildman–Crippen MR) is 54.0 cm³/mol. The molecule has 12 heavy (non-hydrogen) atoms. The van der Waals surface area contributed by atoms with Gasteiger partial charge in [-0.25, -0.2) is 0 Å². The van der Waals surface area contributed by atoms with Crippen molar-refractivity contribution in [2.45, 2.75) is 13.8 Å². The summed E-state index contributed by atoms with van der Waals surface area (Å²) in [5.74, 6) is 0. The SMILES string of the molecule is CNC1=CC(Cl)=CC(C)(C)C=C1. The van der Waals surface area contributed by atoms with Crippen LogP contribution in [0.15, 0.2) is 35.0 Å². The molecule has 0 atom stereocenters. The van der Waals surface area contributed by atoms with Gasteiger partial charge < -0.3 is 5.32 Å². The van der Waals surface area contributed by atoms with Crippen LogP contribution in [0.25, 0.3) is 0 Å². The summed E-state index contributed by atoms with van der Waals surface area (Å²) in [5, 5.41) is 3.85. The summed E-state index contributed by atoms with van der Waals surface area (Å²) in [7, 11) is 1.89. The summed E-state index contributed by atoms with van der Waals surface area (Å²) in [4.78, 5) is 0. The van der Waals surface area contributed by atoms with Gasteiger partial charge in [-0.3, -0.25) is 0 Å². The molecule has 0 heterocycles. The monoisotopic (exact) mass is 183 g/mol. The van der Waals surface area contributed by atoms with Crippen LogP contribution >= 0.6 is 11.6 Å². The van der Waals surface area contributed by atoms with Gasteiger partial charge in [0.25, 0.3) is 0 Å². The molecule has 0 amide bonds. The van der Waals surface area contributed by atoms with Gasteiger partial charge in [0.1, 0.15) is 0 Å². The molecule has 0 aromatic heterocycles. The molecule has 0 saturated carbocycles. The van der Waals surface area contributed by atoms with Gasteiger partial charge in [0, 0.05) is 23.2 Å². The normalized spacial score (nSPS) is 21.0. The summed E-state index contributed by atoms with van der Waals surface area (Å²) in [6, 6.07) is 0. The highest BCUT2D eigenvalue weighted by Crippen LogP contribution is 2.26. The first-order valence-corrected chi connectivity index (χ1v) is 4.38. The van der Waals surface area contributed by atoms with Gasteiger partial charge in [-0.15, -0.1) is 0 Å². The average molecular weight is 184 g/mol. The van der Waals surface area contributed by atoms with Crippen LogP contribution in [0.1, 0.15) is 13.8 Å². The van der Waals surface area contributed by atoms with Crippen LogP contribution in [-0.4, -0.2) is 7.05 Å². The zero-order valence-corrected chi connectivity index (χ0v) is 8.44. The summed E-state index contributed by atoms with van der Waals surface area (Å²) in [6.45, 7) is 4.25. The largest absolute Gasteiger partial charge is 0.388 e. The van der Waals surface area contributed by atoms with Crippen molar-refractivity contribution in [3.63, 3.8) is 0 Å². The molecule has 0 aromatic carbocycles. The molecule has 0 aliphatic heterocycles. The van der Waals surface area contributed by atoms with E-state index in [9.17, 15) is 0 Å². The Labute approximate surface area is 78.8 Å². The Morgan fingerprint density at radius 2 is 2.08 bits per heavy atom. The number of allylic oxidation sites excluding steroid dienone is 5. The van der Waals surface area contributed by atoms with E-state index in [0.29, 0.717) is 0 Å². The Hall–Kier alpha value is -0.690. The van der Waals surface area contributed by atoms with E-state index in [-0.39, 0.29) is 5.41 Å². The lowest BCUT2D eigenvalue weighted by Gasteiger charge is -2.13. The van der Waals surface area contributed by atoms with Crippen molar-refractivity contribution in [3.05, 3.63) is 35.0 Å². The van der Waals surface area contributed by atoms with Crippen molar-refractivity contribution < 1.29 is 0 Å². The van der Waals surface area contributed by atoms with Crippen LogP contribution in [-0.2, 0) is 0 Å². The summed E-state index contributed by atoms with van der Waals surface area (Å²) in [5.41, 5.74) is 1.09. The molecule has 2 heteroatoms. The van der Waals surface area contributed by atoms with Gasteiger partial charge in [0.2, 0.25) is 0 Å². The minimum absolute atomic E-state index is 0.0478. The molecule has 1 nitrogen and oxygen atoms in total. The van der Waals surface area contributed by atoms with E-state index in [1.165, 1.54) is 0 Å². The van der Waals surface area contributed by atoms with Gasteiger partial charge in [0.05, 0.1) is 0 Å². The van der Waals surface area contributed by atoms with Crippen LogP contribution in [0.4, 0.5) is 0 Å². The molecule has 1 aliphatic rings. The lowest BCUT2D eigenvalue weighted by molar-refractivity contribution is 0.625. The van der Waals surface area contributed by atoms with Crippen LogP contribution in [0.5, 0.6) is 0 Å². The third kappa shape index (κ3) is 2.42. The summed E-state index contributed by atoms with van der Waals surface area (Å²) < 4.78 is 0. The van der Waals surface area contributed by atoms with Crippen molar-refractivity contribution in [1.29, 1.82) is 0 Å². The fourth-order valence-corrected chi connectivity index (χ4v) is 1.50. The van der Waals surface area contributed by atoms with E-state index < -0.39 is 0 Å². The first-order valence-electron chi connectivity index (χ1n) is 4.00. The topological polar surface area (TPSA) is 12.0 Å². The first kappa shape index (κ1) is 9.40. The highest BCUT2D eigenvalue weighted by molar-refractivity contribution is 6.31. The predicted octanol–water partition coefficient (Wildman–Crippen LogP) is 2.81. The molecule has 0 unspecified atom stereocenters. The minimum atomic E-state index is 0.0478. The average Bonchev–Trinajstić information content (AvgIpc) is 2.07. The lowest BCUT2D eigenvalue weighted by atomic mass is 9.93. The van der Waals surface area contributed by atoms with E-state index in [0.717, 1.165) is 10.7 Å². The molecular formula is C10H14ClN. The standard InChI is InChI=1S/C10H14ClN/c1-10(2)5-4-9(12-3)6-8(11)7-10/h4-7,12H,1-3H3. The Balaban J connectivity index is 2.98. The fraction of sp³-hybridized carbons (Fsp3) is 0.400. The van der Waals surface area contributed by atoms with Crippen molar-refractivity contribution in [2.24, 2.45) is 5.41 Å². The second kappa shape index (κ2) is 3.36. The van der Waals surface area contributed by atoms with Gasteiger partial charge in [-0.05, 0) is 12.2 Å². The Morgan fingerprint density at radius 3 is 2.67 bits per heavy atom. The summed E-state index contributed by atoms with van der Waals surface area (Å²) >= 11 is 5.98. The van der Waals surface area contributed by atoms with E-state index in [2.05, 4.69) is 25.2 Å². The molecule has 0 saturated heterocycles. The van der Waals surface area contributed by atoms with Crippen LogP contribution in [0.3, 0.4) is 0 Å². The molecule has 1 N–H and O–H groups in total. The third-order valence-electron chi connectivity index (χ3n) is 1.78. The van der Waals surface area contributed by atoms with Crippen molar-refractivity contribution in [2.75, 3.05) is 7.05 Å². The highest BCUT2D eigenvalue weighted by Gasteiger charge is 2.12. The number of rotatable bonds is 1. The van der Waals surface area contributed by atoms with Crippen LogP contribution in [0.2, 0.25) is 0 Å². The van der Waals surface area contributed by atoms with E-state index in [4.69, 9.17) is 11.6 Å². The number of halogens is 1. The van der Waals surface area contributed by atoms with Crippen molar-refractivity contribution in [3.8, 4) is 0 Å². The highest BCUT2D eigenvalue weighted by atomic mass is 35.5. The zero-order chi connectivity index (χ0) is 9.19. The zero-order valence-electron chi connectivity index (χ0n) is 7.69. The maximum absolute atomic E-state index is 5.98. The Bertz CT molecular complexity index is 259. The van der Waals surface area contributed by atoms with E-state index in [1.54, 1.807) is 0 Å². The Morgan fingerprint density at radius 1 is 1.42 bits per heavy atom. The molecule has 66 valence electrons. The number of likely N-dealkylation sites (N-methyl/N-ethyl adjacent to an activating group) is 1. The second-order valence-electron chi connectivity index (χ2n) is 3.53. The second-order valence-corrected chi connectivity index (χ2v) is 3.97. The molecule has 0 aromatic rings. The maximum atomic E-state index is 5.98. The van der Waals surface area contributed by atoms with Gasteiger partial charge in [-0.1, -0.05) is 37.6 Å². The minimum Gasteiger partial charge on any atom is -0.388 e. The summed E-state index contributed by atoms with van der Waals surface area (Å²) in [6.07, 6.45) is 8.14. The van der Waals surface area contributed by atoms with Crippen LogP contribution < -0.4 is 5.32 Å². The van der Waals surface area contributed by atoms with E-state index >= 15 is 0 Å². The van der Waals surface area contributed by atoms with Gasteiger partial charge in [-0.2, -0.15) is 0 Å². The fourth-order valence-electron chi connectivity index (χ4n) is 1.10. The van der Waals surface area contributed by atoms with Gasteiger partial charge >= 0.3 is 0 Å². The Kier molecular flexibility index (Phi) is 2.63. The number of hydrogen-bond acceptors (Lipinski definition) is 1. The van der Waals surface area contributed by atoms with Gasteiger partial charge in [0.15, 0.2) is 0 Å². The third-order valence-corrected chi connectivity index (χ3v) is 2.00. The molecule has 0 bridgehead atoms. The molecule has 1 aliphatic carbocycles. The van der Waals surface area contributed by atoms with E-state index in [1.807, 2.05) is 25.3 Å². The quantitative estimate of drug-likeness (QED) is 0.659. The smallest absolute Gasteiger partial charge is 0.0395 e. The molecule has 1 rings (SSSR count). The van der Waals surface area contributed by atoms with Crippen molar-refractivity contribution >= 4 is 11.6 Å². The molecule has 0 spiro atoms. The molecule has 0 fully saturated rings. The molecular weight excluding hydrogens is 170 g/mol. The lowest BCUT2D eigenvalue weighted by Crippen LogP contribution is -2.04. The number of nitrogens with one attached hydrogen (secondary N) is 1. The maximum Gasteiger partial charge on any atom is 0.0395 e. The van der Waals surface area contributed by atoms with Crippen molar-refractivity contribution in [1.82, 2.24) is 5.32 Å². The number of hydrogen-bond donors (Lipinski definition) is 1. The van der Waals surface area contributed by atoms with Crippen LogP contribution in [0, 0.1) is 5.41 Å². The first-order chi connectivity index (χ1) is 5.53.